The Bertz CT molecular complexity index is 270. The van der Waals surface area contributed by atoms with Crippen molar-refractivity contribution >= 4 is 10.1 Å². The van der Waals surface area contributed by atoms with E-state index in [0.29, 0.717) is 5.57 Å². The van der Waals surface area contributed by atoms with Crippen molar-refractivity contribution in [2.75, 3.05) is 19.5 Å². The van der Waals surface area contributed by atoms with Gasteiger partial charge in [0.25, 0.3) is 10.1 Å². The standard InChI is InChI=1S/C7H14O6S/c1-6(2)7(8)12-4-5-14(9,10)13-11-3/h7-8H,1,4-5H2,2-3H3. The number of hydrogen-bond acceptors (Lipinski definition) is 6. The molecule has 0 heterocycles. The predicted molar refractivity (Wildman–Crippen MR) is 48.7 cm³/mol. The average Bonchev–Trinajstić information content (AvgIpc) is 2.03. The highest BCUT2D eigenvalue weighted by atomic mass is 32.2. The molecule has 0 aliphatic heterocycles. The molecule has 0 bridgehead atoms. The van der Waals surface area contributed by atoms with Gasteiger partial charge >= 0.3 is 0 Å². The summed E-state index contributed by atoms with van der Waals surface area (Å²) in [4.78, 5) is 3.99. The van der Waals surface area contributed by atoms with E-state index in [9.17, 15) is 8.42 Å². The molecule has 1 N–H and O–H groups in total. The van der Waals surface area contributed by atoms with Gasteiger partial charge in [0.15, 0.2) is 6.29 Å². The van der Waals surface area contributed by atoms with Crippen molar-refractivity contribution in [1.82, 2.24) is 0 Å². The van der Waals surface area contributed by atoms with Crippen LogP contribution in [0.25, 0.3) is 0 Å². The third-order valence-electron chi connectivity index (χ3n) is 1.20. The van der Waals surface area contributed by atoms with Gasteiger partial charge in [0.05, 0.1) is 13.7 Å². The highest BCUT2D eigenvalue weighted by molar-refractivity contribution is 7.86. The summed E-state index contributed by atoms with van der Waals surface area (Å²) < 4.78 is 30.4. The molecule has 0 aromatic heterocycles. The van der Waals surface area contributed by atoms with E-state index >= 15 is 0 Å². The summed E-state index contributed by atoms with van der Waals surface area (Å²) in [7, 11) is -2.66. The Morgan fingerprint density at radius 1 is 1.57 bits per heavy atom. The van der Waals surface area contributed by atoms with Crippen molar-refractivity contribution in [3.8, 4) is 0 Å². The first-order valence-corrected chi connectivity index (χ1v) is 5.37. The van der Waals surface area contributed by atoms with Gasteiger partial charge < -0.3 is 9.84 Å². The maximum absolute atomic E-state index is 10.9. The Hall–Kier alpha value is -0.470. The fourth-order valence-electron chi connectivity index (χ4n) is 0.542. The largest absolute Gasteiger partial charge is 0.364 e. The molecule has 0 saturated heterocycles. The van der Waals surface area contributed by atoms with E-state index in [1.54, 1.807) is 6.92 Å². The zero-order chi connectivity index (χ0) is 11.2. The molecule has 6 nitrogen and oxygen atoms in total. The first-order valence-electron chi connectivity index (χ1n) is 3.79. The smallest absolute Gasteiger partial charge is 0.295 e. The molecule has 0 aliphatic carbocycles. The second kappa shape index (κ2) is 6.10. The van der Waals surface area contributed by atoms with Crippen molar-refractivity contribution in [3.05, 3.63) is 12.2 Å². The summed E-state index contributed by atoms with van der Waals surface area (Å²) in [5, 5.41) is 9.06. The third kappa shape index (κ3) is 6.06. The van der Waals surface area contributed by atoms with Crippen molar-refractivity contribution in [3.63, 3.8) is 0 Å². The van der Waals surface area contributed by atoms with Crippen LogP contribution in [-0.2, 0) is 24.1 Å². The highest BCUT2D eigenvalue weighted by Gasteiger charge is 2.13. The van der Waals surface area contributed by atoms with E-state index in [1.807, 2.05) is 0 Å². The Morgan fingerprint density at radius 3 is 2.57 bits per heavy atom. The summed E-state index contributed by atoms with van der Waals surface area (Å²) in [6.07, 6.45) is -1.16. The van der Waals surface area contributed by atoms with Crippen LogP contribution in [0.1, 0.15) is 6.92 Å². The van der Waals surface area contributed by atoms with Crippen molar-refractivity contribution < 1.29 is 27.5 Å². The SMILES string of the molecule is C=C(C)C(O)OCCS(=O)(=O)OOC. The molecule has 84 valence electrons. The van der Waals surface area contributed by atoms with Crippen LogP contribution in [0.3, 0.4) is 0 Å². The average molecular weight is 226 g/mol. The maximum atomic E-state index is 10.9. The Balaban J connectivity index is 3.79. The van der Waals surface area contributed by atoms with Gasteiger partial charge in [-0.3, -0.25) is 0 Å². The fourth-order valence-corrected chi connectivity index (χ4v) is 1.12. The molecule has 0 spiro atoms. The summed E-state index contributed by atoms with van der Waals surface area (Å²) in [6.45, 7) is 4.79. The van der Waals surface area contributed by atoms with E-state index in [2.05, 4.69) is 15.8 Å². The predicted octanol–water partition coefficient (Wildman–Crippen LogP) is -0.195. The van der Waals surface area contributed by atoms with Crippen LogP contribution < -0.4 is 0 Å². The summed E-state index contributed by atoms with van der Waals surface area (Å²) >= 11 is 0. The molecule has 1 atom stereocenters. The molecule has 7 heteroatoms. The van der Waals surface area contributed by atoms with Gasteiger partial charge in [-0.1, -0.05) is 6.58 Å². The minimum atomic E-state index is -3.74. The second-order valence-corrected chi connectivity index (χ2v) is 4.23. The molecule has 14 heavy (non-hydrogen) atoms. The van der Waals surface area contributed by atoms with Crippen molar-refractivity contribution in [2.45, 2.75) is 13.2 Å². The van der Waals surface area contributed by atoms with Crippen LogP contribution in [0, 0.1) is 0 Å². The topological polar surface area (TPSA) is 82.1 Å². The molecule has 0 fully saturated rings. The lowest BCUT2D eigenvalue weighted by Gasteiger charge is -2.10. The molecule has 0 rings (SSSR count). The minimum Gasteiger partial charge on any atom is -0.364 e. The molecule has 0 saturated carbocycles. The quantitative estimate of drug-likeness (QED) is 0.280. The number of rotatable bonds is 7. The van der Waals surface area contributed by atoms with Gasteiger partial charge in [0.2, 0.25) is 0 Å². The number of aliphatic hydroxyl groups excluding tert-OH is 1. The lowest BCUT2D eigenvalue weighted by Crippen LogP contribution is -2.20. The van der Waals surface area contributed by atoms with Gasteiger partial charge in [-0.2, -0.15) is 8.42 Å². The van der Waals surface area contributed by atoms with Crippen LogP contribution in [0.5, 0.6) is 0 Å². The summed E-state index contributed by atoms with van der Waals surface area (Å²) in [5.41, 5.74) is 0.398. The van der Waals surface area contributed by atoms with Crippen LogP contribution in [0.15, 0.2) is 12.2 Å². The highest BCUT2D eigenvalue weighted by Crippen LogP contribution is 2.00. The zero-order valence-electron chi connectivity index (χ0n) is 8.10. The van der Waals surface area contributed by atoms with Gasteiger partial charge in [-0.05, 0) is 12.5 Å². The monoisotopic (exact) mass is 226 g/mol. The van der Waals surface area contributed by atoms with Crippen LogP contribution in [0.2, 0.25) is 0 Å². The second-order valence-electron chi connectivity index (χ2n) is 2.57. The number of hydrogen-bond donors (Lipinski definition) is 1. The molecule has 0 aromatic rings. The van der Waals surface area contributed by atoms with Gasteiger partial charge in [-0.15, -0.1) is 4.33 Å². The lowest BCUT2D eigenvalue weighted by atomic mass is 10.3. The van der Waals surface area contributed by atoms with Crippen LogP contribution in [0.4, 0.5) is 0 Å². The molecule has 0 aromatic carbocycles. The number of aliphatic hydroxyl groups is 1. The first kappa shape index (κ1) is 13.5. The number of ether oxygens (including phenoxy) is 1. The van der Waals surface area contributed by atoms with Gasteiger partial charge in [0.1, 0.15) is 5.75 Å². The molecular weight excluding hydrogens is 212 g/mol. The normalized spacial score (nSPS) is 13.9. The van der Waals surface area contributed by atoms with Crippen molar-refractivity contribution in [2.24, 2.45) is 0 Å². The minimum absolute atomic E-state index is 0.195. The van der Waals surface area contributed by atoms with E-state index in [4.69, 9.17) is 9.84 Å². The Morgan fingerprint density at radius 2 is 2.14 bits per heavy atom. The third-order valence-corrected chi connectivity index (χ3v) is 2.21. The van der Waals surface area contributed by atoms with Crippen molar-refractivity contribution in [1.29, 1.82) is 0 Å². The Labute approximate surface area is 83.1 Å². The first-order chi connectivity index (χ1) is 6.39. The van der Waals surface area contributed by atoms with Gasteiger partial charge in [0, 0.05) is 0 Å². The van der Waals surface area contributed by atoms with E-state index in [1.165, 1.54) is 0 Å². The molecule has 0 radical (unpaired) electrons. The van der Waals surface area contributed by atoms with E-state index in [-0.39, 0.29) is 6.61 Å². The molecule has 1 unspecified atom stereocenters. The van der Waals surface area contributed by atoms with Crippen LogP contribution in [-0.4, -0.2) is 39.3 Å². The summed E-state index contributed by atoms with van der Waals surface area (Å²) in [6, 6.07) is 0. The molecular formula is C7H14O6S. The molecule has 0 amide bonds. The summed E-state index contributed by atoms with van der Waals surface area (Å²) in [5.74, 6) is -0.398. The maximum Gasteiger partial charge on any atom is 0.295 e. The van der Waals surface area contributed by atoms with E-state index in [0.717, 1.165) is 7.11 Å². The van der Waals surface area contributed by atoms with E-state index < -0.39 is 22.2 Å². The zero-order valence-corrected chi connectivity index (χ0v) is 8.91. The Kier molecular flexibility index (Phi) is 5.89. The van der Waals surface area contributed by atoms with Crippen LogP contribution >= 0.6 is 0 Å². The lowest BCUT2D eigenvalue weighted by molar-refractivity contribution is -0.172. The molecule has 0 aliphatic rings. The van der Waals surface area contributed by atoms with Gasteiger partial charge in [-0.25, -0.2) is 4.89 Å². The fraction of sp³-hybridized carbons (Fsp3) is 0.714.